The van der Waals surface area contributed by atoms with Gasteiger partial charge in [0.25, 0.3) is 0 Å². The molecule has 0 radical (unpaired) electrons. The van der Waals surface area contributed by atoms with Crippen molar-refractivity contribution < 1.29 is 27.8 Å². The van der Waals surface area contributed by atoms with Gasteiger partial charge in [-0.2, -0.15) is 8.78 Å². The van der Waals surface area contributed by atoms with E-state index >= 15 is 0 Å². The Kier molecular flexibility index (Phi) is 4.74. The number of halogens is 2. The lowest BCUT2D eigenvalue weighted by Gasteiger charge is -2.08. The highest BCUT2D eigenvalue weighted by Crippen LogP contribution is 2.26. The van der Waals surface area contributed by atoms with Gasteiger partial charge in [-0.15, -0.1) is 0 Å². The van der Waals surface area contributed by atoms with Gasteiger partial charge in [0.15, 0.2) is 5.70 Å². The fourth-order valence-electron chi connectivity index (χ4n) is 2.26. The fraction of sp³-hybridized carbons (Fsp3) is 0.111. The first-order valence-corrected chi connectivity index (χ1v) is 7.27. The van der Waals surface area contributed by atoms with E-state index < -0.39 is 12.6 Å². The molecular formula is C18H13F2NO4. The number of rotatable bonds is 5. The second kappa shape index (κ2) is 7.12. The van der Waals surface area contributed by atoms with Crippen molar-refractivity contribution in [2.45, 2.75) is 6.61 Å². The van der Waals surface area contributed by atoms with E-state index in [0.717, 1.165) is 0 Å². The Morgan fingerprint density at radius 1 is 1.16 bits per heavy atom. The third-order valence-electron chi connectivity index (χ3n) is 3.35. The van der Waals surface area contributed by atoms with Crippen molar-refractivity contribution in [1.82, 2.24) is 0 Å². The summed E-state index contributed by atoms with van der Waals surface area (Å²) in [6, 6.07) is 13.0. The molecule has 1 heterocycles. The smallest absolute Gasteiger partial charge is 0.387 e. The van der Waals surface area contributed by atoms with Crippen molar-refractivity contribution in [3.05, 3.63) is 65.4 Å². The van der Waals surface area contributed by atoms with Gasteiger partial charge in [-0.3, -0.25) is 0 Å². The van der Waals surface area contributed by atoms with Gasteiger partial charge >= 0.3 is 12.6 Å². The number of aliphatic imine (C=N–C) groups is 1. The van der Waals surface area contributed by atoms with E-state index in [-0.39, 0.29) is 22.9 Å². The maximum atomic E-state index is 12.5. The van der Waals surface area contributed by atoms with Crippen molar-refractivity contribution >= 4 is 17.9 Å². The van der Waals surface area contributed by atoms with Crippen LogP contribution in [-0.4, -0.2) is 25.6 Å². The first-order chi connectivity index (χ1) is 12.1. The molecule has 2 aromatic rings. The number of ether oxygens (including phenoxy) is 3. The summed E-state index contributed by atoms with van der Waals surface area (Å²) in [4.78, 5) is 16.1. The van der Waals surface area contributed by atoms with Gasteiger partial charge in [0.05, 0.1) is 12.7 Å². The number of hydrogen-bond acceptors (Lipinski definition) is 5. The van der Waals surface area contributed by atoms with Crippen LogP contribution in [0.5, 0.6) is 11.5 Å². The third-order valence-corrected chi connectivity index (χ3v) is 3.35. The minimum Gasteiger partial charge on any atom is -0.497 e. The minimum atomic E-state index is -2.99. The highest BCUT2D eigenvalue weighted by atomic mass is 19.3. The Bertz CT molecular complexity index is 862. The van der Waals surface area contributed by atoms with Gasteiger partial charge in [-0.05, 0) is 35.9 Å². The van der Waals surface area contributed by atoms with E-state index in [9.17, 15) is 13.6 Å². The van der Waals surface area contributed by atoms with Gasteiger partial charge in [-0.25, -0.2) is 9.79 Å². The molecule has 5 nitrogen and oxygen atoms in total. The molecule has 0 unspecified atom stereocenters. The van der Waals surface area contributed by atoms with Crippen LogP contribution in [0.25, 0.3) is 6.08 Å². The van der Waals surface area contributed by atoms with Crippen LogP contribution in [0.3, 0.4) is 0 Å². The molecule has 0 aliphatic carbocycles. The van der Waals surface area contributed by atoms with Crippen LogP contribution in [0.15, 0.2) is 59.2 Å². The maximum absolute atomic E-state index is 12.5. The molecule has 1 aliphatic rings. The number of cyclic esters (lactones) is 1. The first-order valence-electron chi connectivity index (χ1n) is 7.27. The Morgan fingerprint density at radius 3 is 2.72 bits per heavy atom. The average Bonchev–Trinajstić information content (AvgIpc) is 2.95. The van der Waals surface area contributed by atoms with Crippen LogP contribution in [0.4, 0.5) is 8.78 Å². The number of esters is 1. The van der Waals surface area contributed by atoms with Crippen molar-refractivity contribution in [3.63, 3.8) is 0 Å². The highest BCUT2D eigenvalue weighted by molar-refractivity contribution is 6.13. The zero-order chi connectivity index (χ0) is 17.8. The number of benzene rings is 2. The van der Waals surface area contributed by atoms with E-state index in [4.69, 9.17) is 9.47 Å². The average molecular weight is 345 g/mol. The molecule has 2 aromatic carbocycles. The standard InChI is InChI=1S/C18H13F2NO4/c1-23-12-6-4-5-11(9-12)10-14-17(22)25-16(21-14)13-7-2-3-8-15(13)24-18(19)20/h2-10,18H,1H3/b14-10-. The van der Waals surface area contributed by atoms with E-state index in [0.29, 0.717) is 11.3 Å². The normalized spacial score (nSPS) is 15.3. The van der Waals surface area contributed by atoms with E-state index in [2.05, 4.69) is 9.73 Å². The van der Waals surface area contributed by atoms with Crippen molar-refractivity contribution in [2.24, 2.45) is 4.99 Å². The molecular weight excluding hydrogens is 332 g/mol. The summed E-state index contributed by atoms with van der Waals surface area (Å²) in [7, 11) is 1.53. The summed E-state index contributed by atoms with van der Waals surface area (Å²) in [5, 5.41) is 0. The molecule has 1 aliphatic heterocycles. The SMILES string of the molecule is COc1cccc(/C=C2\N=C(c3ccccc3OC(F)F)OC2=O)c1. The van der Waals surface area contributed by atoms with Crippen molar-refractivity contribution in [2.75, 3.05) is 7.11 Å². The van der Waals surface area contributed by atoms with Crippen LogP contribution < -0.4 is 9.47 Å². The lowest BCUT2D eigenvalue weighted by Crippen LogP contribution is -2.10. The van der Waals surface area contributed by atoms with Crippen LogP contribution in [-0.2, 0) is 9.53 Å². The topological polar surface area (TPSA) is 57.1 Å². The Hall–Kier alpha value is -3.22. The van der Waals surface area contributed by atoms with Crippen LogP contribution in [0.1, 0.15) is 11.1 Å². The zero-order valence-electron chi connectivity index (χ0n) is 13.1. The molecule has 0 spiro atoms. The molecule has 0 amide bonds. The molecule has 0 saturated carbocycles. The van der Waals surface area contributed by atoms with Gasteiger partial charge in [0.1, 0.15) is 11.5 Å². The van der Waals surface area contributed by atoms with E-state index in [1.165, 1.54) is 31.4 Å². The summed E-state index contributed by atoms with van der Waals surface area (Å²) < 4.78 is 39.7. The molecule has 25 heavy (non-hydrogen) atoms. The van der Waals surface area contributed by atoms with Gasteiger partial charge in [0, 0.05) is 0 Å². The predicted octanol–water partition coefficient (Wildman–Crippen LogP) is 3.64. The number of nitrogens with zero attached hydrogens (tertiary/aromatic N) is 1. The predicted molar refractivity (Wildman–Crippen MR) is 86.7 cm³/mol. The second-order valence-corrected chi connectivity index (χ2v) is 4.99. The van der Waals surface area contributed by atoms with Crippen LogP contribution in [0.2, 0.25) is 0 Å². The number of alkyl halides is 2. The lowest BCUT2D eigenvalue weighted by atomic mass is 10.2. The molecule has 128 valence electrons. The molecule has 0 saturated heterocycles. The molecule has 0 fully saturated rings. The molecule has 7 heteroatoms. The quantitative estimate of drug-likeness (QED) is 0.613. The molecule has 0 bridgehead atoms. The van der Waals surface area contributed by atoms with Crippen LogP contribution >= 0.6 is 0 Å². The first kappa shape index (κ1) is 16.6. The zero-order valence-corrected chi connectivity index (χ0v) is 13.1. The Labute approximate surface area is 142 Å². The minimum absolute atomic E-state index is 0.0510. The highest BCUT2D eigenvalue weighted by Gasteiger charge is 2.26. The third kappa shape index (κ3) is 3.82. The largest absolute Gasteiger partial charge is 0.497 e. The molecule has 0 aromatic heterocycles. The number of carbonyl (C=O) groups is 1. The lowest BCUT2D eigenvalue weighted by molar-refractivity contribution is -0.129. The summed E-state index contributed by atoms with van der Waals surface area (Å²) in [5.74, 6) is -0.257. The van der Waals surface area contributed by atoms with Crippen molar-refractivity contribution in [3.8, 4) is 11.5 Å². The number of carbonyl (C=O) groups excluding carboxylic acids is 1. The Morgan fingerprint density at radius 2 is 1.96 bits per heavy atom. The summed E-state index contributed by atoms with van der Waals surface area (Å²) in [5.41, 5.74) is 0.911. The Balaban J connectivity index is 1.94. The van der Waals surface area contributed by atoms with Crippen molar-refractivity contribution in [1.29, 1.82) is 0 Å². The van der Waals surface area contributed by atoms with Gasteiger partial charge in [0.2, 0.25) is 5.90 Å². The fourth-order valence-corrected chi connectivity index (χ4v) is 2.26. The summed E-state index contributed by atoms with van der Waals surface area (Å²) in [6.07, 6.45) is 1.52. The summed E-state index contributed by atoms with van der Waals surface area (Å²) in [6.45, 7) is -2.99. The monoisotopic (exact) mass is 345 g/mol. The number of methoxy groups -OCH3 is 1. The second-order valence-electron chi connectivity index (χ2n) is 4.99. The maximum Gasteiger partial charge on any atom is 0.387 e. The molecule has 0 atom stereocenters. The summed E-state index contributed by atoms with van der Waals surface area (Å²) >= 11 is 0. The van der Waals surface area contributed by atoms with E-state index in [1.807, 2.05) is 0 Å². The molecule has 3 rings (SSSR count). The van der Waals surface area contributed by atoms with E-state index in [1.54, 1.807) is 30.3 Å². The number of hydrogen-bond donors (Lipinski definition) is 0. The van der Waals surface area contributed by atoms with Crippen LogP contribution in [0, 0.1) is 0 Å². The number of para-hydroxylation sites is 1. The van der Waals surface area contributed by atoms with Gasteiger partial charge < -0.3 is 14.2 Å². The van der Waals surface area contributed by atoms with Gasteiger partial charge in [-0.1, -0.05) is 24.3 Å². The molecule has 0 N–H and O–H groups in total.